The van der Waals surface area contributed by atoms with Crippen LogP contribution < -0.4 is 14.8 Å². The average molecular weight is 377 g/mol. The van der Waals surface area contributed by atoms with Gasteiger partial charge in [0.05, 0.1) is 13.2 Å². The molecule has 4 nitrogen and oxygen atoms in total. The molecule has 1 atom stereocenters. The number of hydrogen-bond donors (Lipinski definition) is 2. The first kappa shape index (κ1) is 19.9. The van der Waals surface area contributed by atoms with Crippen LogP contribution in [0.15, 0.2) is 72.8 Å². The van der Waals surface area contributed by atoms with Gasteiger partial charge in [0.15, 0.2) is 11.5 Å². The van der Waals surface area contributed by atoms with Gasteiger partial charge in [-0.3, -0.25) is 0 Å². The molecule has 0 saturated carbocycles. The Morgan fingerprint density at radius 2 is 1.61 bits per heavy atom. The third-order valence-electron chi connectivity index (χ3n) is 4.75. The van der Waals surface area contributed by atoms with E-state index >= 15 is 0 Å². The highest BCUT2D eigenvalue weighted by atomic mass is 16.5. The lowest BCUT2D eigenvalue weighted by atomic mass is 10.1. The number of benzene rings is 3. The number of ether oxygens (including phenoxy) is 2. The molecule has 2 N–H and O–H groups in total. The molecular formula is C24H27NO3. The van der Waals surface area contributed by atoms with Crippen molar-refractivity contribution < 1.29 is 14.6 Å². The number of hydrogen-bond acceptors (Lipinski definition) is 4. The van der Waals surface area contributed by atoms with Crippen LogP contribution in [0.25, 0.3) is 0 Å². The molecular weight excluding hydrogens is 350 g/mol. The zero-order valence-corrected chi connectivity index (χ0v) is 16.4. The van der Waals surface area contributed by atoms with Gasteiger partial charge >= 0.3 is 0 Å². The van der Waals surface area contributed by atoms with Crippen molar-refractivity contribution in [2.45, 2.75) is 26.2 Å². The van der Waals surface area contributed by atoms with E-state index in [1.807, 2.05) is 60.7 Å². The van der Waals surface area contributed by atoms with Crippen LogP contribution >= 0.6 is 0 Å². The largest absolute Gasteiger partial charge is 0.493 e. The van der Waals surface area contributed by atoms with E-state index in [1.54, 1.807) is 7.11 Å². The minimum Gasteiger partial charge on any atom is -0.493 e. The van der Waals surface area contributed by atoms with Crippen LogP contribution in [-0.2, 0) is 13.2 Å². The van der Waals surface area contributed by atoms with Gasteiger partial charge in [0.25, 0.3) is 0 Å². The normalized spacial score (nSPS) is 11.8. The summed E-state index contributed by atoms with van der Waals surface area (Å²) in [6, 6.07) is 23.7. The fourth-order valence-corrected chi connectivity index (χ4v) is 3.08. The lowest BCUT2D eigenvalue weighted by Crippen LogP contribution is -2.21. The first-order chi connectivity index (χ1) is 13.7. The van der Waals surface area contributed by atoms with Gasteiger partial charge in [0.2, 0.25) is 0 Å². The smallest absolute Gasteiger partial charge is 0.166 e. The predicted octanol–water partition coefficient (Wildman–Crippen LogP) is 4.41. The molecule has 0 amide bonds. The summed E-state index contributed by atoms with van der Waals surface area (Å²) in [4.78, 5) is 0. The molecule has 4 heteroatoms. The number of nitrogens with one attached hydrogen (secondary N) is 1. The van der Waals surface area contributed by atoms with Crippen LogP contribution in [0.3, 0.4) is 0 Å². The minimum atomic E-state index is -0.553. The van der Waals surface area contributed by atoms with E-state index < -0.39 is 6.10 Å². The Morgan fingerprint density at radius 3 is 2.36 bits per heavy atom. The van der Waals surface area contributed by atoms with E-state index in [1.165, 1.54) is 5.56 Å². The van der Waals surface area contributed by atoms with Crippen LogP contribution in [0.1, 0.15) is 28.4 Å². The third kappa shape index (κ3) is 5.12. The van der Waals surface area contributed by atoms with Crippen molar-refractivity contribution in [2.24, 2.45) is 0 Å². The summed E-state index contributed by atoms with van der Waals surface area (Å²) in [7, 11) is 1.65. The fraction of sp³-hybridized carbons (Fsp3) is 0.250. The second-order valence-electron chi connectivity index (χ2n) is 6.72. The van der Waals surface area contributed by atoms with Crippen molar-refractivity contribution in [3.05, 3.63) is 95.1 Å². The first-order valence-electron chi connectivity index (χ1n) is 9.46. The van der Waals surface area contributed by atoms with Crippen molar-refractivity contribution in [3.8, 4) is 11.5 Å². The molecule has 0 unspecified atom stereocenters. The lowest BCUT2D eigenvalue weighted by molar-refractivity contribution is 0.174. The molecule has 0 radical (unpaired) electrons. The van der Waals surface area contributed by atoms with Crippen LogP contribution in [0.5, 0.6) is 11.5 Å². The molecule has 0 aliphatic carbocycles. The molecule has 3 aromatic carbocycles. The number of aliphatic hydroxyl groups is 1. The van der Waals surface area contributed by atoms with Gasteiger partial charge in [-0.15, -0.1) is 0 Å². The van der Waals surface area contributed by atoms with E-state index in [2.05, 4.69) is 24.4 Å². The summed E-state index contributed by atoms with van der Waals surface area (Å²) in [5.41, 5.74) is 4.24. The summed E-state index contributed by atoms with van der Waals surface area (Å²) in [6.07, 6.45) is -0.553. The standard InChI is InChI=1S/C24H27NO3/c1-18-9-6-7-12-21(18)17-28-24-20(13-8-14-23(24)27-2)15-25-16-22(26)19-10-4-3-5-11-19/h3-14,22,25-26H,15-17H2,1-2H3/t22-/m0/s1. The van der Waals surface area contributed by atoms with Gasteiger partial charge < -0.3 is 19.9 Å². The zero-order valence-electron chi connectivity index (χ0n) is 16.4. The average Bonchev–Trinajstić information content (AvgIpc) is 2.74. The Kier molecular flexibility index (Phi) is 7.06. The fourth-order valence-electron chi connectivity index (χ4n) is 3.08. The van der Waals surface area contributed by atoms with Crippen LogP contribution in [-0.4, -0.2) is 18.8 Å². The van der Waals surface area contributed by atoms with Crippen LogP contribution in [0.2, 0.25) is 0 Å². The van der Waals surface area contributed by atoms with Gasteiger partial charge in [0, 0.05) is 18.7 Å². The number of aryl methyl sites for hydroxylation is 1. The number of methoxy groups -OCH3 is 1. The molecule has 0 heterocycles. The van der Waals surface area contributed by atoms with Crippen molar-refractivity contribution in [3.63, 3.8) is 0 Å². The number of rotatable bonds is 9. The maximum atomic E-state index is 10.3. The Bertz CT molecular complexity index is 880. The second kappa shape index (κ2) is 9.93. The number of para-hydroxylation sites is 1. The third-order valence-corrected chi connectivity index (χ3v) is 4.75. The molecule has 0 fully saturated rings. The summed E-state index contributed by atoms with van der Waals surface area (Å²) in [5.74, 6) is 1.44. The topological polar surface area (TPSA) is 50.7 Å². The molecule has 0 saturated heterocycles. The predicted molar refractivity (Wildman–Crippen MR) is 112 cm³/mol. The van der Waals surface area contributed by atoms with Crippen molar-refractivity contribution in [1.29, 1.82) is 0 Å². The first-order valence-corrected chi connectivity index (χ1v) is 9.46. The van der Waals surface area contributed by atoms with E-state index in [0.29, 0.717) is 25.4 Å². The van der Waals surface area contributed by atoms with Crippen LogP contribution in [0, 0.1) is 6.92 Å². The summed E-state index contributed by atoms with van der Waals surface area (Å²) in [5, 5.41) is 13.6. The van der Waals surface area contributed by atoms with Gasteiger partial charge in [-0.05, 0) is 29.7 Å². The molecule has 0 aliphatic heterocycles. The Morgan fingerprint density at radius 1 is 0.893 bits per heavy atom. The van der Waals surface area contributed by atoms with Crippen molar-refractivity contribution >= 4 is 0 Å². The summed E-state index contributed by atoms with van der Waals surface area (Å²) < 4.78 is 11.6. The molecule has 0 aromatic heterocycles. The Balaban J connectivity index is 1.66. The summed E-state index contributed by atoms with van der Waals surface area (Å²) >= 11 is 0. The highest BCUT2D eigenvalue weighted by molar-refractivity contribution is 5.47. The Labute approximate surface area is 166 Å². The Hall–Kier alpha value is -2.82. The lowest BCUT2D eigenvalue weighted by Gasteiger charge is -2.17. The van der Waals surface area contributed by atoms with Gasteiger partial charge in [-0.25, -0.2) is 0 Å². The zero-order chi connectivity index (χ0) is 19.8. The maximum Gasteiger partial charge on any atom is 0.166 e. The van der Waals surface area contributed by atoms with E-state index in [4.69, 9.17) is 9.47 Å². The van der Waals surface area contributed by atoms with E-state index in [0.717, 1.165) is 22.4 Å². The monoisotopic (exact) mass is 377 g/mol. The van der Waals surface area contributed by atoms with Crippen molar-refractivity contribution in [2.75, 3.05) is 13.7 Å². The molecule has 3 aromatic rings. The molecule has 146 valence electrons. The molecule has 28 heavy (non-hydrogen) atoms. The second-order valence-corrected chi connectivity index (χ2v) is 6.72. The highest BCUT2D eigenvalue weighted by Gasteiger charge is 2.13. The van der Waals surface area contributed by atoms with Crippen LogP contribution in [0.4, 0.5) is 0 Å². The quantitative estimate of drug-likeness (QED) is 0.580. The van der Waals surface area contributed by atoms with E-state index in [9.17, 15) is 5.11 Å². The molecule has 3 rings (SSSR count). The molecule has 0 aliphatic rings. The minimum absolute atomic E-state index is 0.457. The van der Waals surface area contributed by atoms with Gasteiger partial charge in [-0.1, -0.05) is 66.7 Å². The van der Waals surface area contributed by atoms with Gasteiger partial charge in [-0.2, -0.15) is 0 Å². The highest BCUT2D eigenvalue weighted by Crippen LogP contribution is 2.32. The van der Waals surface area contributed by atoms with Gasteiger partial charge in [0.1, 0.15) is 6.61 Å². The molecule has 0 spiro atoms. The summed E-state index contributed by atoms with van der Waals surface area (Å²) in [6.45, 7) is 3.59. The molecule has 0 bridgehead atoms. The van der Waals surface area contributed by atoms with Crippen molar-refractivity contribution in [1.82, 2.24) is 5.32 Å². The number of aliphatic hydroxyl groups excluding tert-OH is 1. The van der Waals surface area contributed by atoms with E-state index in [-0.39, 0.29) is 0 Å². The SMILES string of the molecule is COc1cccc(CNC[C@H](O)c2ccccc2)c1OCc1ccccc1C. The maximum absolute atomic E-state index is 10.3.